The van der Waals surface area contributed by atoms with Gasteiger partial charge >= 0.3 is 0 Å². The largest absolute Gasteiger partial charge is 0.393 e. The SMILES string of the molecule is CCC(O)C1CCC2=CC[C@@H]3[C@H](CC[C@]4(C)C(=O)CC[C@@H]34)[C@H]2C1. The topological polar surface area (TPSA) is 37.3 Å². The molecule has 3 fully saturated rings. The minimum atomic E-state index is -0.112. The molecule has 4 rings (SSSR count). The number of ketones is 1. The van der Waals surface area contributed by atoms with E-state index in [1.54, 1.807) is 5.57 Å². The Hall–Kier alpha value is -0.630. The van der Waals surface area contributed by atoms with E-state index in [4.69, 9.17) is 0 Å². The standard InChI is InChI=1S/C21H32O2/c1-3-19(22)14-5-4-13-6-7-16-15(17(13)12-14)10-11-21(2)18(16)8-9-20(21)23/h6,14-19,22H,3-5,7-12H2,1-2H3/t14?,15-,16+,17-,18-,19?,21-/m0/s1. The normalized spacial score (nSPS) is 47.3. The lowest BCUT2D eigenvalue weighted by Crippen LogP contribution is -2.46. The zero-order valence-electron chi connectivity index (χ0n) is 14.8. The molecule has 128 valence electrons. The number of fused-ring (bicyclic) bond motifs is 5. The predicted molar refractivity (Wildman–Crippen MR) is 91.9 cm³/mol. The molecule has 0 radical (unpaired) electrons. The number of Topliss-reactive ketones (excluding diaryl/α,β-unsaturated/α-hetero) is 1. The number of carbonyl (C=O) groups is 1. The Labute approximate surface area is 140 Å². The van der Waals surface area contributed by atoms with Crippen molar-refractivity contribution < 1.29 is 9.90 Å². The monoisotopic (exact) mass is 316 g/mol. The first-order chi connectivity index (χ1) is 11.0. The molecule has 2 heteroatoms. The summed E-state index contributed by atoms with van der Waals surface area (Å²) in [5, 5.41) is 10.3. The second kappa shape index (κ2) is 5.72. The summed E-state index contributed by atoms with van der Waals surface area (Å²) in [6, 6.07) is 0. The smallest absolute Gasteiger partial charge is 0.139 e. The molecule has 0 spiro atoms. The Morgan fingerprint density at radius 3 is 2.87 bits per heavy atom. The number of hydrogen-bond acceptors (Lipinski definition) is 2. The average molecular weight is 316 g/mol. The quantitative estimate of drug-likeness (QED) is 0.761. The lowest BCUT2D eigenvalue weighted by molar-refractivity contribution is -0.130. The minimum Gasteiger partial charge on any atom is -0.393 e. The molecule has 2 nitrogen and oxygen atoms in total. The fraction of sp³-hybridized carbons (Fsp3) is 0.857. The van der Waals surface area contributed by atoms with Crippen molar-refractivity contribution in [3.8, 4) is 0 Å². The highest BCUT2D eigenvalue weighted by atomic mass is 16.3. The Bertz CT molecular complexity index is 522. The maximum atomic E-state index is 12.4. The number of rotatable bonds is 2. The molecule has 2 unspecified atom stereocenters. The van der Waals surface area contributed by atoms with E-state index in [0.717, 1.165) is 37.5 Å². The van der Waals surface area contributed by atoms with Crippen LogP contribution < -0.4 is 0 Å². The van der Waals surface area contributed by atoms with Gasteiger partial charge in [-0.25, -0.2) is 0 Å². The molecule has 7 atom stereocenters. The first kappa shape index (κ1) is 15.9. The fourth-order valence-electron chi connectivity index (χ4n) is 6.73. The van der Waals surface area contributed by atoms with Crippen LogP contribution in [0.15, 0.2) is 11.6 Å². The van der Waals surface area contributed by atoms with Gasteiger partial charge in [0.15, 0.2) is 0 Å². The van der Waals surface area contributed by atoms with Crippen LogP contribution in [0.25, 0.3) is 0 Å². The van der Waals surface area contributed by atoms with Gasteiger partial charge in [0.2, 0.25) is 0 Å². The molecule has 0 saturated heterocycles. The molecular formula is C21H32O2. The average Bonchev–Trinajstić information content (AvgIpc) is 2.88. The van der Waals surface area contributed by atoms with Crippen molar-refractivity contribution in [1.29, 1.82) is 0 Å². The summed E-state index contributed by atoms with van der Waals surface area (Å²) in [7, 11) is 0. The zero-order chi connectivity index (χ0) is 16.2. The summed E-state index contributed by atoms with van der Waals surface area (Å²) in [6.45, 7) is 4.36. The van der Waals surface area contributed by atoms with Gasteiger partial charge in [0.25, 0.3) is 0 Å². The van der Waals surface area contributed by atoms with Crippen molar-refractivity contribution in [2.45, 2.75) is 77.7 Å². The number of aliphatic hydroxyl groups is 1. The van der Waals surface area contributed by atoms with Crippen molar-refractivity contribution in [1.82, 2.24) is 0 Å². The van der Waals surface area contributed by atoms with E-state index in [-0.39, 0.29) is 11.5 Å². The Morgan fingerprint density at radius 1 is 1.26 bits per heavy atom. The van der Waals surface area contributed by atoms with Crippen LogP contribution in [0, 0.1) is 35.0 Å². The van der Waals surface area contributed by atoms with E-state index in [1.807, 2.05) is 0 Å². The lowest BCUT2D eigenvalue weighted by atomic mass is 9.52. The molecular weight excluding hydrogens is 284 g/mol. The second-order valence-corrected chi connectivity index (χ2v) is 8.98. The summed E-state index contributed by atoms with van der Waals surface area (Å²) >= 11 is 0. The molecule has 0 bridgehead atoms. The zero-order valence-corrected chi connectivity index (χ0v) is 14.8. The van der Waals surface area contributed by atoms with Gasteiger partial charge in [-0.15, -0.1) is 0 Å². The van der Waals surface area contributed by atoms with Crippen molar-refractivity contribution in [3.63, 3.8) is 0 Å². The second-order valence-electron chi connectivity index (χ2n) is 8.98. The molecule has 0 aromatic heterocycles. The Balaban J connectivity index is 1.58. The van der Waals surface area contributed by atoms with E-state index in [1.165, 1.54) is 32.1 Å². The highest BCUT2D eigenvalue weighted by Gasteiger charge is 2.55. The summed E-state index contributed by atoms with van der Waals surface area (Å²) < 4.78 is 0. The third-order valence-corrected chi connectivity index (χ3v) is 8.17. The van der Waals surface area contributed by atoms with Crippen molar-refractivity contribution in [3.05, 3.63) is 11.6 Å². The number of aliphatic hydroxyl groups excluding tert-OH is 1. The van der Waals surface area contributed by atoms with Crippen LogP contribution in [0.5, 0.6) is 0 Å². The molecule has 0 aliphatic heterocycles. The van der Waals surface area contributed by atoms with Crippen LogP contribution in [0.3, 0.4) is 0 Å². The first-order valence-electron chi connectivity index (χ1n) is 9.95. The van der Waals surface area contributed by atoms with E-state index >= 15 is 0 Å². The van der Waals surface area contributed by atoms with Crippen LogP contribution in [0.4, 0.5) is 0 Å². The molecule has 0 heterocycles. The molecule has 1 N–H and O–H groups in total. The van der Waals surface area contributed by atoms with Crippen molar-refractivity contribution >= 4 is 5.78 Å². The molecule has 23 heavy (non-hydrogen) atoms. The van der Waals surface area contributed by atoms with Crippen LogP contribution in [0.2, 0.25) is 0 Å². The highest BCUT2D eigenvalue weighted by molar-refractivity contribution is 5.87. The first-order valence-corrected chi connectivity index (χ1v) is 9.95. The van der Waals surface area contributed by atoms with Gasteiger partial charge in [-0.1, -0.05) is 25.5 Å². The van der Waals surface area contributed by atoms with E-state index < -0.39 is 0 Å². The van der Waals surface area contributed by atoms with Crippen LogP contribution in [-0.4, -0.2) is 17.0 Å². The predicted octanol–water partition coefficient (Wildman–Crippen LogP) is 4.52. The molecule has 4 aliphatic carbocycles. The minimum absolute atomic E-state index is 0.0104. The van der Waals surface area contributed by atoms with Gasteiger partial charge < -0.3 is 5.11 Å². The van der Waals surface area contributed by atoms with Gasteiger partial charge in [-0.3, -0.25) is 4.79 Å². The van der Waals surface area contributed by atoms with Crippen LogP contribution in [0.1, 0.15) is 71.6 Å². The summed E-state index contributed by atoms with van der Waals surface area (Å²) in [6.07, 6.45) is 12.4. The molecule has 0 aromatic rings. The van der Waals surface area contributed by atoms with Gasteiger partial charge in [0.05, 0.1) is 6.10 Å². The van der Waals surface area contributed by atoms with Crippen molar-refractivity contribution in [2.24, 2.45) is 35.0 Å². The van der Waals surface area contributed by atoms with Gasteiger partial charge in [0.1, 0.15) is 5.78 Å². The van der Waals surface area contributed by atoms with Gasteiger partial charge in [0, 0.05) is 11.8 Å². The van der Waals surface area contributed by atoms with Crippen LogP contribution >= 0.6 is 0 Å². The maximum Gasteiger partial charge on any atom is 0.139 e. The van der Waals surface area contributed by atoms with E-state index in [0.29, 0.717) is 23.5 Å². The van der Waals surface area contributed by atoms with E-state index in [2.05, 4.69) is 19.9 Å². The molecule has 3 saturated carbocycles. The maximum absolute atomic E-state index is 12.4. The third kappa shape index (κ3) is 2.35. The molecule has 4 aliphatic rings. The van der Waals surface area contributed by atoms with E-state index in [9.17, 15) is 9.90 Å². The van der Waals surface area contributed by atoms with Crippen molar-refractivity contribution in [2.75, 3.05) is 0 Å². The lowest BCUT2D eigenvalue weighted by Gasteiger charge is -2.52. The number of hydrogen-bond donors (Lipinski definition) is 1. The summed E-state index contributed by atoms with van der Waals surface area (Å²) in [5.41, 5.74) is 1.68. The third-order valence-electron chi connectivity index (χ3n) is 8.17. The molecule has 0 aromatic carbocycles. The highest BCUT2D eigenvalue weighted by Crippen LogP contribution is 2.60. The van der Waals surface area contributed by atoms with Gasteiger partial charge in [-0.2, -0.15) is 0 Å². The Kier molecular flexibility index (Phi) is 3.95. The molecule has 0 amide bonds. The fourth-order valence-corrected chi connectivity index (χ4v) is 6.73. The number of allylic oxidation sites excluding steroid dienone is 2. The summed E-state index contributed by atoms with van der Waals surface area (Å²) in [5.74, 6) is 3.88. The Morgan fingerprint density at radius 2 is 2.09 bits per heavy atom. The number of carbonyl (C=O) groups excluding carboxylic acids is 1. The summed E-state index contributed by atoms with van der Waals surface area (Å²) in [4.78, 5) is 12.4. The van der Waals surface area contributed by atoms with Gasteiger partial charge in [-0.05, 0) is 81.0 Å². The van der Waals surface area contributed by atoms with Crippen LogP contribution in [-0.2, 0) is 4.79 Å².